The summed E-state index contributed by atoms with van der Waals surface area (Å²) in [5, 5.41) is 13.9. The summed E-state index contributed by atoms with van der Waals surface area (Å²) in [5.74, 6) is 0.847. The van der Waals surface area contributed by atoms with Gasteiger partial charge in [0.1, 0.15) is 5.75 Å². The van der Waals surface area contributed by atoms with E-state index in [0.717, 1.165) is 31.7 Å². The molecule has 2 atom stereocenters. The van der Waals surface area contributed by atoms with Crippen LogP contribution in [0.15, 0.2) is 72.8 Å². The van der Waals surface area contributed by atoms with Crippen molar-refractivity contribution in [2.75, 3.05) is 20.2 Å². The summed E-state index contributed by atoms with van der Waals surface area (Å²) < 4.78 is 5.59. The largest absolute Gasteiger partial charge is 0.497 e. The normalized spacial score (nSPS) is 24.6. The lowest BCUT2D eigenvalue weighted by Gasteiger charge is -2.56. The quantitative estimate of drug-likeness (QED) is 0.450. The summed E-state index contributed by atoms with van der Waals surface area (Å²) >= 11 is 0. The van der Waals surface area contributed by atoms with Crippen LogP contribution in [0.3, 0.4) is 0 Å². The van der Waals surface area contributed by atoms with Crippen molar-refractivity contribution in [1.82, 2.24) is 9.88 Å². The predicted molar refractivity (Wildman–Crippen MR) is 136 cm³/mol. The molecule has 174 valence electrons. The third kappa shape index (κ3) is 3.28. The molecule has 1 fully saturated rings. The molecule has 2 heterocycles. The van der Waals surface area contributed by atoms with Gasteiger partial charge in [-0.05, 0) is 60.3 Å². The number of piperidine rings is 1. The molecule has 0 spiro atoms. The van der Waals surface area contributed by atoms with E-state index in [1.165, 1.54) is 38.9 Å². The molecular formula is C30H32N2O2. The number of aromatic nitrogens is 1. The molecule has 4 heteroatoms. The van der Waals surface area contributed by atoms with Crippen molar-refractivity contribution in [1.29, 1.82) is 0 Å². The summed E-state index contributed by atoms with van der Waals surface area (Å²) in [6.07, 6.45) is 2.35. The van der Waals surface area contributed by atoms with Gasteiger partial charge in [0, 0.05) is 47.9 Å². The SMILES string of the molecule is COc1cccc(C23CCN(Cc4ccccc4)CC2(O)Cc2c([nH]c4cccc(C)c24)C3)c1. The standard InChI is InChI=1S/C30H32N2O2/c1-21-8-6-13-26-28(21)25-17-30(33)20-32(19-22-9-4-3-5-10-22)15-14-29(30,18-27(25)31-26)23-11-7-12-24(16-23)34-2/h3-13,16,31,33H,14-15,17-20H2,1-2H3. The van der Waals surface area contributed by atoms with E-state index in [1.807, 2.05) is 6.07 Å². The minimum atomic E-state index is -0.878. The maximum atomic E-state index is 12.6. The van der Waals surface area contributed by atoms with Gasteiger partial charge in [0.2, 0.25) is 0 Å². The molecule has 1 aliphatic carbocycles. The second-order valence-electron chi connectivity index (χ2n) is 10.2. The number of hydrogen-bond acceptors (Lipinski definition) is 3. The number of rotatable bonds is 4. The number of aliphatic hydroxyl groups is 1. The smallest absolute Gasteiger partial charge is 0.119 e. The Kier molecular flexibility index (Phi) is 5.05. The van der Waals surface area contributed by atoms with Crippen LogP contribution in [-0.2, 0) is 24.8 Å². The Bertz CT molecular complexity index is 1340. The van der Waals surface area contributed by atoms with Gasteiger partial charge in [0.15, 0.2) is 0 Å². The first kappa shape index (κ1) is 21.5. The molecule has 4 aromatic rings. The van der Waals surface area contributed by atoms with Crippen LogP contribution in [0.25, 0.3) is 10.9 Å². The van der Waals surface area contributed by atoms with Crippen molar-refractivity contribution in [2.45, 2.75) is 43.7 Å². The van der Waals surface area contributed by atoms with E-state index in [0.29, 0.717) is 13.0 Å². The third-order valence-corrected chi connectivity index (χ3v) is 8.27. The van der Waals surface area contributed by atoms with E-state index < -0.39 is 5.60 Å². The maximum Gasteiger partial charge on any atom is 0.119 e. The Morgan fingerprint density at radius 3 is 2.65 bits per heavy atom. The molecule has 6 rings (SSSR count). The number of β-amino-alcohol motifs (C(OH)–C–C–N with tert-alkyl or cyclic N) is 1. The number of nitrogens with one attached hydrogen (secondary N) is 1. The molecule has 0 saturated carbocycles. The highest BCUT2D eigenvalue weighted by Gasteiger charge is 2.57. The number of H-pyrrole nitrogens is 1. The van der Waals surface area contributed by atoms with E-state index in [1.54, 1.807) is 7.11 Å². The molecular weight excluding hydrogens is 420 g/mol. The average Bonchev–Trinajstić information content (AvgIpc) is 3.20. The second-order valence-corrected chi connectivity index (χ2v) is 10.2. The summed E-state index contributed by atoms with van der Waals surface area (Å²) in [4.78, 5) is 6.16. The Morgan fingerprint density at radius 2 is 1.82 bits per heavy atom. The van der Waals surface area contributed by atoms with Gasteiger partial charge < -0.3 is 14.8 Å². The predicted octanol–water partition coefficient (Wildman–Crippen LogP) is 5.16. The lowest BCUT2D eigenvalue weighted by molar-refractivity contribution is -0.105. The van der Waals surface area contributed by atoms with Crippen LogP contribution in [0.5, 0.6) is 5.75 Å². The Balaban J connectivity index is 1.47. The fraction of sp³-hybridized carbons (Fsp3) is 0.333. The Hall–Kier alpha value is -3.08. The number of likely N-dealkylation sites (tertiary alicyclic amines) is 1. The Labute approximate surface area is 201 Å². The monoisotopic (exact) mass is 452 g/mol. The van der Waals surface area contributed by atoms with E-state index in [9.17, 15) is 5.11 Å². The average molecular weight is 453 g/mol. The van der Waals surface area contributed by atoms with Gasteiger partial charge in [-0.2, -0.15) is 0 Å². The zero-order valence-electron chi connectivity index (χ0n) is 20.0. The molecule has 0 bridgehead atoms. The fourth-order valence-corrected chi connectivity index (χ4v) is 6.57. The number of hydrogen-bond donors (Lipinski definition) is 2. The highest BCUT2D eigenvalue weighted by atomic mass is 16.5. The summed E-state index contributed by atoms with van der Waals surface area (Å²) in [5.41, 5.74) is 6.23. The number of aryl methyl sites for hydroxylation is 1. The van der Waals surface area contributed by atoms with Gasteiger partial charge in [-0.25, -0.2) is 0 Å². The topological polar surface area (TPSA) is 48.5 Å². The minimum Gasteiger partial charge on any atom is -0.497 e. The van der Waals surface area contributed by atoms with Crippen molar-refractivity contribution < 1.29 is 9.84 Å². The molecule has 3 aromatic carbocycles. The highest BCUT2D eigenvalue weighted by Crippen LogP contribution is 2.52. The van der Waals surface area contributed by atoms with E-state index in [-0.39, 0.29) is 5.41 Å². The van der Waals surface area contributed by atoms with Crippen molar-refractivity contribution in [3.05, 3.63) is 101 Å². The van der Waals surface area contributed by atoms with Gasteiger partial charge in [-0.1, -0.05) is 54.6 Å². The Morgan fingerprint density at radius 1 is 1.00 bits per heavy atom. The molecule has 1 aromatic heterocycles. The number of fused-ring (bicyclic) bond motifs is 4. The van der Waals surface area contributed by atoms with Crippen LogP contribution >= 0.6 is 0 Å². The van der Waals surface area contributed by atoms with Crippen LogP contribution in [0.2, 0.25) is 0 Å². The van der Waals surface area contributed by atoms with E-state index in [2.05, 4.69) is 83.5 Å². The van der Waals surface area contributed by atoms with Crippen LogP contribution < -0.4 is 4.74 Å². The van der Waals surface area contributed by atoms with Crippen molar-refractivity contribution >= 4 is 10.9 Å². The summed E-state index contributed by atoms with van der Waals surface area (Å²) in [6, 6.07) is 25.4. The molecule has 0 amide bonds. The molecule has 1 aliphatic heterocycles. The lowest BCUT2D eigenvalue weighted by Crippen LogP contribution is -2.66. The van der Waals surface area contributed by atoms with Gasteiger partial charge >= 0.3 is 0 Å². The van der Waals surface area contributed by atoms with Crippen LogP contribution in [0.1, 0.15) is 34.4 Å². The lowest BCUT2D eigenvalue weighted by atomic mass is 9.56. The van der Waals surface area contributed by atoms with Gasteiger partial charge in [-0.3, -0.25) is 4.90 Å². The molecule has 2 unspecified atom stereocenters. The molecule has 2 aliphatic rings. The van der Waals surface area contributed by atoms with Crippen molar-refractivity contribution in [3.63, 3.8) is 0 Å². The minimum absolute atomic E-state index is 0.365. The number of methoxy groups -OCH3 is 1. The molecule has 34 heavy (non-hydrogen) atoms. The van der Waals surface area contributed by atoms with Gasteiger partial charge in [0.05, 0.1) is 12.7 Å². The second kappa shape index (κ2) is 8.00. The first-order chi connectivity index (χ1) is 16.5. The third-order valence-electron chi connectivity index (χ3n) is 8.27. The summed E-state index contributed by atoms with van der Waals surface area (Å²) in [6.45, 7) is 4.63. The van der Waals surface area contributed by atoms with E-state index in [4.69, 9.17) is 4.74 Å². The molecule has 1 saturated heterocycles. The zero-order valence-corrected chi connectivity index (χ0v) is 20.0. The number of nitrogens with zero attached hydrogens (tertiary/aromatic N) is 1. The zero-order chi connectivity index (χ0) is 23.3. The van der Waals surface area contributed by atoms with Gasteiger partial charge in [-0.15, -0.1) is 0 Å². The van der Waals surface area contributed by atoms with Crippen LogP contribution in [-0.4, -0.2) is 40.8 Å². The number of benzene rings is 3. The molecule has 4 nitrogen and oxygen atoms in total. The molecule has 2 N–H and O–H groups in total. The van der Waals surface area contributed by atoms with Crippen LogP contribution in [0.4, 0.5) is 0 Å². The number of aromatic amines is 1. The van der Waals surface area contributed by atoms with E-state index >= 15 is 0 Å². The van der Waals surface area contributed by atoms with Crippen molar-refractivity contribution in [2.24, 2.45) is 0 Å². The summed E-state index contributed by atoms with van der Waals surface area (Å²) in [7, 11) is 1.71. The first-order valence-corrected chi connectivity index (χ1v) is 12.2. The fourth-order valence-electron chi connectivity index (χ4n) is 6.57. The maximum absolute atomic E-state index is 12.6. The molecule has 0 radical (unpaired) electrons. The van der Waals surface area contributed by atoms with Crippen molar-refractivity contribution in [3.8, 4) is 5.75 Å². The van der Waals surface area contributed by atoms with Crippen LogP contribution in [0, 0.1) is 6.92 Å². The first-order valence-electron chi connectivity index (χ1n) is 12.2. The highest BCUT2D eigenvalue weighted by molar-refractivity contribution is 5.88. The number of ether oxygens (including phenoxy) is 1. The van der Waals surface area contributed by atoms with Gasteiger partial charge in [0.25, 0.3) is 0 Å².